The van der Waals surface area contributed by atoms with Crippen LogP contribution >= 0.6 is 0 Å². The van der Waals surface area contributed by atoms with E-state index < -0.39 is 0 Å². The molecule has 1 fully saturated rings. The van der Waals surface area contributed by atoms with E-state index in [0.29, 0.717) is 18.7 Å². The number of aromatic nitrogens is 3. The van der Waals surface area contributed by atoms with E-state index in [1.807, 2.05) is 40.8 Å². The molecule has 1 aliphatic heterocycles. The quantitative estimate of drug-likeness (QED) is 0.681. The van der Waals surface area contributed by atoms with Crippen LogP contribution < -0.4 is 9.64 Å². The molecule has 1 aliphatic rings. The first-order valence-electron chi connectivity index (χ1n) is 10.0. The summed E-state index contributed by atoms with van der Waals surface area (Å²) in [6.07, 6.45) is 1.79. The van der Waals surface area contributed by atoms with Crippen LogP contribution in [-0.2, 0) is 0 Å². The van der Waals surface area contributed by atoms with Gasteiger partial charge in [0.1, 0.15) is 5.75 Å². The van der Waals surface area contributed by atoms with Crippen molar-refractivity contribution in [3.63, 3.8) is 0 Å². The Morgan fingerprint density at radius 3 is 2.59 bits per heavy atom. The van der Waals surface area contributed by atoms with Crippen molar-refractivity contribution in [1.29, 1.82) is 0 Å². The number of amides is 1. The zero-order valence-electron chi connectivity index (χ0n) is 17.4. The summed E-state index contributed by atoms with van der Waals surface area (Å²) in [5.41, 5.74) is 3.37. The normalized spacial score (nSPS) is 14.7. The topological polar surface area (TPSA) is 63.5 Å². The molecule has 7 heteroatoms. The average molecular weight is 393 g/mol. The second-order valence-electron chi connectivity index (χ2n) is 7.70. The Hall–Kier alpha value is -3.09. The molecule has 3 heterocycles. The van der Waals surface area contributed by atoms with Gasteiger partial charge in [-0.15, -0.1) is 0 Å². The highest BCUT2D eigenvalue weighted by atomic mass is 16.5. The van der Waals surface area contributed by atoms with E-state index in [1.165, 1.54) is 0 Å². The predicted octanol–water partition coefficient (Wildman–Crippen LogP) is 3.29. The molecule has 0 spiro atoms. The smallest absolute Gasteiger partial charge is 0.255 e. The first kappa shape index (κ1) is 19.2. The van der Waals surface area contributed by atoms with Gasteiger partial charge >= 0.3 is 0 Å². The number of benzene rings is 1. The van der Waals surface area contributed by atoms with Crippen LogP contribution in [0.25, 0.3) is 11.0 Å². The minimum Gasteiger partial charge on any atom is -0.497 e. The standard InChI is InChI=1S/C22H27N5O2/c1-15(2)27-21-17(14-23-27)12-20(16(3)24-21)22(28)26-10-8-25(9-11-26)18-6-5-7-19(13-18)29-4/h5-7,12-15H,8-11H2,1-4H3. The second kappa shape index (κ2) is 7.73. The van der Waals surface area contributed by atoms with Crippen LogP contribution in [-0.4, -0.2) is 58.9 Å². The molecule has 3 aromatic rings. The molecule has 0 saturated carbocycles. The van der Waals surface area contributed by atoms with E-state index in [1.54, 1.807) is 13.3 Å². The Balaban J connectivity index is 1.50. The van der Waals surface area contributed by atoms with E-state index in [2.05, 4.69) is 34.9 Å². The first-order valence-corrected chi connectivity index (χ1v) is 10.0. The summed E-state index contributed by atoms with van der Waals surface area (Å²) in [7, 11) is 1.67. The van der Waals surface area contributed by atoms with Crippen molar-refractivity contribution in [1.82, 2.24) is 19.7 Å². The number of aryl methyl sites for hydroxylation is 1. The molecule has 29 heavy (non-hydrogen) atoms. The van der Waals surface area contributed by atoms with Crippen molar-refractivity contribution in [3.05, 3.63) is 47.8 Å². The number of anilines is 1. The molecule has 0 aliphatic carbocycles. The highest BCUT2D eigenvalue weighted by molar-refractivity contribution is 5.98. The third-order valence-corrected chi connectivity index (χ3v) is 5.46. The van der Waals surface area contributed by atoms with E-state index in [4.69, 9.17) is 4.74 Å². The Morgan fingerprint density at radius 1 is 1.14 bits per heavy atom. The molecule has 7 nitrogen and oxygen atoms in total. The van der Waals surface area contributed by atoms with E-state index in [-0.39, 0.29) is 11.9 Å². The monoisotopic (exact) mass is 393 g/mol. The van der Waals surface area contributed by atoms with Crippen molar-refractivity contribution < 1.29 is 9.53 Å². The van der Waals surface area contributed by atoms with Crippen LogP contribution in [0.15, 0.2) is 36.5 Å². The van der Waals surface area contributed by atoms with Gasteiger partial charge in [0.25, 0.3) is 5.91 Å². The van der Waals surface area contributed by atoms with Crippen molar-refractivity contribution in [3.8, 4) is 5.75 Å². The van der Waals surface area contributed by atoms with Crippen LogP contribution in [0.4, 0.5) is 5.69 Å². The number of ether oxygens (including phenoxy) is 1. The Kier molecular flexibility index (Phi) is 5.13. The molecule has 0 N–H and O–H groups in total. The predicted molar refractivity (Wildman–Crippen MR) is 114 cm³/mol. The van der Waals surface area contributed by atoms with Gasteiger partial charge in [-0.25, -0.2) is 9.67 Å². The van der Waals surface area contributed by atoms with Crippen molar-refractivity contribution in [2.24, 2.45) is 0 Å². The van der Waals surface area contributed by atoms with Crippen molar-refractivity contribution in [2.75, 3.05) is 38.2 Å². The fourth-order valence-electron chi connectivity index (χ4n) is 3.81. The van der Waals surface area contributed by atoms with Gasteiger partial charge in [0.2, 0.25) is 0 Å². The largest absolute Gasteiger partial charge is 0.497 e. The maximum Gasteiger partial charge on any atom is 0.255 e. The van der Waals surface area contributed by atoms with Crippen LogP contribution in [0.3, 0.4) is 0 Å². The average Bonchev–Trinajstić information content (AvgIpc) is 3.15. The number of carbonyl (C=O) groups excluding carboxylic acids is 1. The number of piperazine rings is 1. The molecule has 1 saturated heterocycles. The van der Waals surface area contributed by atoms with E-state index in [9.17, 15) is 4.79 Å². The van der Waals surface area contributed by atoms with Gasteiger partial charge in [0.05, 0.1) is 24.6 Å². The lowest BCUT2D eigenvalue weighted by atomic mass is 10.1. The highest BCUT2D eigenvalue weighted by Gasteiger charge is 2.25. The highest BCUT2D eigenvalue weighted by Crippen LogP contribution is 2.24. The number of pyridine rings is 1. The molecule has 0 bridgehead atoms. The zero-order chi connectivity index (χ0) is 20.5. The summed E-state index contributed by atoms with van der Waals surface area (Å²) in [6.45, 7) is 8.99. The molecular weight excluding hydrogens is 366 g/mol. The van der Waals surface area contributed by atoms with Gasteiger partial charge in [0, 0.05) is 49.4 Å². The maximum absolute atomic E-state index is 13.2. The zero-order valence-corrected chi connectivity index (χ0v) is 17.4. The lowest BCUT2D eigenvalue weighted by Gasteiger charge is -2.36. The number of rotatable bonds is 4. The summed E-state index contributed by atoms with van der Waals surface area (Å²) in [6, 6.07) is 10.2. The number of fused-ring (bicyclic) bond motifs is 1. The SMILES string of the molecule is COc1cccc(N2CCN(C(=O)c3cc4cnn(C(C)C)c4nc3C)CC2)c1. The molecule has 1 aromatic carbocycles. The third-order valence-electron chi connectivity index (χ3n) is 5.46. The molecule has 4 rings (SSSR count). The fourth-order valence-corrected chi connectivity index (χ4v) is 3.81. The Morgan fingerprint density at radius 2 is 1.90 bits per heavy atom. The van der Waals surface area contributed by atoms with Gasteiger partial charge in [0.15, 0.2) is 5.65 Å². The second-order valence-corrected chi connectivity index (χ2v) is 7.70. The lowest BCUT2D eigenvalue weighted by Crippen LogP contribution is -2.49. The minimum absolute atomic E-state index is 0.0412. The van der Waals surface area contributed by atoms with Gasteiger partial charge in [-0.2, -0.15) is 5.10 Å². The molecule has 0 radical (unpaired) electrons. The third kappa shape index (κ3) is 3.64. The van der Waals surface area contributed by atoms with Crippen LogP contribution in [0.1, 0.15) is 35.9 Å². The van der Waals surface area contributed by atoms with Gasteiger partial charge in [-0.05, 0) is 39.0 Å². The van der Waals surface area contributed by atoms with Crippen LogP contribution in [0.5, 0.6) is 5.75 Å². The number of hydrogen-bond donors (Lipinski definition) is 0. The molecule has 0 atom stereocenters. The lowest BCUT2D eigenvalue weighted by molar-refractivity contribution is 0.0745. The number of hydrogen-bond acceptors (Lipinski definition) is 5. The molecule has 0 unspecified atom stereocenters. The van der Waals surface area contributed by atoms with Crippen LogP contribution in [0.2, 0.25) is 0 Å². The molecule has 2 aromatic heterocycles. The summed E-state index contributed by atoms with van der Waals surface area (Å²) in [5.74, 6) is 0.887. The van der Waals surface area contributed by atoms with Gasteiger partial charge < -0.3 is 14.5 Å². The van der Waals surface area contributed by atoms with Crippen LogP contribution in [0, 0.1) is 6.92 Å². The van der Waals surface area contributed by atoms with E-state index >= 15 is 0 Å². The van der Waals surface area contributed by atoms with Crippen molar-refractivity contribution in [2.45, 2.75) is 26.8 Å². The molecule has 1 amide bonds. The Bertz CT molecular complexity index is 1030. The van der Waals surface area contributed by atoms with Crippen molar-refractivity contribution >= 4 is 22.6 Å². The fraction of sp³-hybridized carbons (Fsp3) is 0.409. The number of carbonyl (C=O) groups is 1. The first-order chi connectivity index (χ1) is 14.0. The summed E-state index contributed by atoms with van der Waals surface area (Å²) in [4.78, 5) is 22.1. The summed E-state index contributed by atoms with van der Waals surface area (Å²) >= 11 is 0. The minimum atomic E-state index is 0.0412. The number of methoxy groups -OCH3 is 1. The Labute approximate surface area is 170 Å². The molecular formula is C22H27N5O2. The molecule has 152 valence electrons. The van der Waals surface area contributed by atoms with Gasteiger partial charge in [-0.3, -0.25) is 4.79 Å². The maximum atomic E-state index is 13.2. The van der Waals surface area contributed by atoms with Gasteiger partial charge in [-0.1, -0.05) is 6.07 Å². The summed E-state index contributed by atoms with van der Waals surface area (Å²) in [5, 5.41) is 5.32. The van der Waals surface area contributed by atoms with E-state index in [0.717, 1.165) is 41.3 Å². The summed E-state index contributed by atoms with van der Waals surface area (Å²) < 4.78 is 7.21. The number of nitrogens with zero attached hydrogens (tertiary/aromatic N) is 5.